The summed E-state index contributed by atoms with van der Waals surface area (Å²) in [5.74, 6) is 5.43. The summed E-state index contributed by atoms with van der Waals surface area (Å²) in [5.41, 5.74) is 3.12. The molecule has 1 amide bonds. The van der Waals surface area contributed by atoms with Gasteiger partial charge < -0.3 is 5.11 Å². The molecule has 2 rings (SSSR count). The second kappa shape index (κ2) is 7.66. The Balaban J connectivity index is 0.000000184. The highest BCUT2D eigenvalue weighted by atomic mass is 16.3. The molecule has 1 saturated carbocycles. The van der Waals surface area contributed by atoms with Gasteiger partial charge in [-0.1, -0.05) is 19.3 Å². The molecule has 0 radical (unpaired) electrons. The number of nitrogens with one attached hydrogen (secondary N) is 1. The van der Waals surface area contributed by atoms with Gasteiger partial charge in [-0.3, -0.25) is 15.2 Å². The molecule has 18 heavy (non-hydrogen) atoms. The number of carbonyl (C=O) groups excluding carboxylic acids is 1. The molecule has 0 spiro atoms. The number of pyridine rings is 1. The summed E-state index contributed by atoms with van der Waals surface area (Å²) in [6, 6.07) is 3.37. The van der Waals surface area contributed by atoms with Crippen LogP contribution in [-0.2, 0) is 4.79 Å². The third kappa shape index (κ3) is 5.14. The second-order valence-corrected chi connectivity index (χ2v) is 4.50. The van der Waals surface area contributed by atoms with Crippen LogP contribution in [0.5, 0.6) is 5.75 Å². The number of hydrogen-bond acceptors (Lipinski definition) is 4. The van der Waals surface area contributed by atoms with Gasteiger partial charge in [0.15, 0.2) is 0 Å². The second-order valence-electron chi connectivity index (χ2n) is 4.50. The van der Waals surface area contributed by atoms with Crippen LogP contribution in [0.25, 0.3) is 0 Å². The largest absolute Gasteiger partial charge is 0.506 e. The van der Waals surface area contributed by atoms with Crippen molar-refractivity contribution in [1.82, 2.24) is 10.4 Å². The maximum absolute atomic E-state index is 10.9. The van der Waals surface area contributed by atoms with E-state index in [4.69, 9.17) is 10.9 Å². The number of aryl methyl sites for hydroxylation is 1. The van der Waals surface area contributed by atoms with Gasteiger partial charge in [-0.05, 0) is 31.9 Å². The summed E-state index contributed by atoms with van der Waals surface area (Å²) in [5, 5.41) is 8.69. The quantitative estimate of drug-likeness (QED) is 0.402. The van der Waals surface area contributed by atoms with Crippen molar-refractivity contribution >= 4 is 5.91 Å². The smallest absolute Gasteiger partial charge is 0.236 e. The van der Waals surface area contributed by atoms with Crippen LogP contribution in [0.15, 0.2) is 18.3 Å². The van der Waals surface area contributed by atoms with E-state index in [2.05, 4.69) is 10.4 Å². The number of aromatic nitrogens is 1. The number of carbonyl (C=O) groups is 1. The molecular formula is C13H21N3O2. The van der Waals surface area contributed by atoms with E-state index in [9.17, 15) is 4.79 Å². The molecule has 1 heterocycles. The van der Waals surface area contributed by atoms with Crippen molar-refractivity contribution in [3.63, 3.8) is 0 Å². The minimum atomic E-state index is 0.0136. The summed E-state index contributed by atoms with van der Waals surface area (Å²) >= 11 is 0. The number of hydrogen-bond donors (Lipinski definition) is 3. The first-order valence-corrected chi connectivity index (χ1v) is 6.25. The summed E-state index contributed by atoms with van der Waals surface area (Å²) in [6.45, 7) is 1.87. The molecule has 1 aliphatic rings. The van der Waals surface area contributed by atoms with Crippen LogP contribution in [0, 0.1) is 12.8 Å². The Morgan fingerprint density at radius 2 is 2.06 bits per heavy atom. The molecule has 0 aliphatic heterocycles. The average Bonchev–Trinajstić information content (AvgIpc) is 2.43. The number of rotatable bonds is 1. The lowest BCUT2D eigenvalue weighted by molar-refractivity contribution is -0.125. The fourth-order valence-corrected chi connectivity index (χ4v) is 1.94. The molecule has 100 valence electrons. The zero-order valence-corrected chi connectivity index (χ0v) is 10.7. The van der Waals surface area contributed by atoms with Gasteiger partial charge in [0.25, 0.3) is 0 Å². The van der Waals surface area contributed by atoms with Crippen LogP contribution in [-0.4, -0.2) is 16.0 Å². The van der Waals surface area contributed by atoms with E-state index in [-0.39, 0.29) is 17.6 Å². The Morgan fingerprint density at radius 3 is 2.50 bits per heavy atom. The molecule has 0 saturated heterocycles. The lowest BCUT2D eigenvalue weighted by atomic mass is 9.89. The molecule has 0 unspecified atom stereocenters. The van der Waals surface area contributed by atoms with Crippen molar-refractivity contribution in [2.75, 3.05) is 0 Å². The first-order chi connectivity index (χ1) is 8.63. The van der Waals surface area contributed by atoms with Crippen LogP contribution in [0.1, 0.15) is 37.8 Å². The van der Waals surface area contributed by atoms with Gasteiger partial charge in [0.2, 0.25) is 5.91 Å². The van der Waals surface area contributed by atoms with Crippen molar-refractivity contribution in [2.24, 2.45) is 11.8 Å². The van der Waals surface area contributed by atoms with Crippen molar-refractivity contribution in [3.8, 4) is 5.75 Å². The normalized spacial score (nSPS) is 15.4. The van der Waals surface area contributed by atoms with Crippen molar-refractivity contribution < 1.29 is 9.90 Å². The van der Waals surface area contributed by atoms with Gasteiger partial charge >= 0.3 is 0 Å². The van der Waals surface area contributed by atoms with Gasteiger partial charge in [-0.15, -0.1) is 0 Å². The molecule has 0 atom stereocenters. The van der Waals surface area contributed by atoms with E-state index in [1.165, 1.54) is 25.5 Å². The molecule has 1 fully saturated rings. The van der Waals surface area contributed by atoms with Crippen LogP contribution in [0.3, 0.4) is 0 Å². The Bertz CT molecular complexity index is 338. The monoisotopic (exact) mass is 251 g/mol. The summed E-state index contributed by atoms with van der Waals surface area (Å²) in [7, 11) is 0. The van der Waals surface area contributed by atoms with E-state index in [1.54, 1.807) is 12.1 Å². The number of nitrogens with zero attached hydrogens (tertiary/aromatic N) is 1. The molecule has 5 nitrogen and oxygen atoms in total. The summed E-state index contributed by atoms with van der Waals surface area (Å²) in [4.78, 5) is 14.8. The van der Waals surface area contributed by atoms with E-state index in [0.717, 1.165) is 18.5 Å². The summed E-state index contributed by atoms with van der Waals surface area (Å²) < 4.78 is 0. The van der Waals surface area contributed by atoms with Gasteiger partial charge in [-0.2, -0.15) is 0 Å². The zero-order valence-electron chi connectivity index (χ0n) is 10.7. The van der Waals surface area contributed by atoms with Crippen LogP contribution >= 0.6 is 0 Å². The van der Waals surface area contributed by atoms with Gasteiger partial charge in [0.05, 0.1) is 6.20 Å². The zero-order chi connectivity index (χ0) is 13.4. The maximum Gasteiger partial charge on any atom is 0.236 e. The van der Waals surface area contributed by atoms with Crippen molar-refractivity contribution in [3.05, 3.63) is 24.0 Å². The topological polar surface area (TPSA) is 88.2 Å². The van der Waals surface area contributed by atoms with Crippen LogP contribution < -0.4 is 11.3 Å². The van der Waals surface area contributed by atoms with E-state index in [0.29, 0.717) is 0 Å². The maximum atomic E-state index is 10.9. The molecule has 0 aromatic carbocycles. The molecular weight excluding hydrogens is 230 g/mol. The van der Waals surface area contributed by atoms with E-state index in [1.807, 2.05) is 6.92 Å². The number of aromatic hydroxyl groups is 1. The molecule has 4 N–H and O–H groups in total. The third-order valence-corrected chi connectivity index (χ3v) is 3.01. The Morgan fingerprint density at radius 1 is 1.39 bits per heavy atom. The van der Waals surface area contributed by atoms with Gasteiger partial charge in [0.1, 0.15) is 5.75 Å². The van der Waals surface area contributed by atoms with Gasteiger partial charge in [-0.25, -0.2) is 5.84 Å². The summed E-state index contributed by atoms with van der Waals surface area (Å²) in [6.07, 6.45) is 7.09. The first-order valence-electron chi connectivity index (χ1n) is 6.25. The van der Waals surface area contributed by atoms with Crippen LogP contribution in [0.2, 0.25) is 0 Å². The average molecular weight is 251 g/mol. The lowest BCUT2D eigenvalue weighted by Crippen LogP contribution is -2.36. The number of amides is 1. The molecule has 1 aliphatic carbocycles. The molecule has 0 bridgehead atoms. The SMILES string of the molecule is Cc1ccc(O)cn1.NNC(=O)C1CCCCC1. The fraction of sp³-hybridized carbons (Fsp3) is 0.538. The molecule has 1 aromatic rings. The van der Waals surface area contributed by atoms with Gasteiger partial charge in [0, 0.05) is 11.6 Å². The standard InChI is InChI=1S/C7H14N2O.C6H7NO/c8-9-7(10)6-4-2-1-3-5-6;1-5-2-3-6(8)4-7-5/h6H,1-5,8H2,(H,9,10);2-4,8H,1H3. The highest BCUT2D eigenvalue weighted by Gasteiger charge is 2.19. The predicted molar refractivity (Wildman–Crippen MR) is 69.5 cm³/mol. The Labute approximate surface area is 107 Å². The highest BCUT2D eigenvalue weighted by molar-refractivity contribution is 5.77. The Kier molecular flexibility index (Phi) is 6.14. The predicted octanol–water partition coefficient (Wildman–Crippen LogP) is 1.65. The minimum absolute atomic E-state index is 0.0136. The fourth-order valence-electron chi connectivity index (χ4n) is 1.94. The highest BCUT2D eigenvalue weighted by Crippen LogP contribution is 2.23. The van der Waals surface area contributed by atoms with Crippen molar-refractivity contribution in [1.29, 1.82) is 0 Å². The number of nitrogens with two attached hydrogens (primary N) is 1. The Hall–Kier alpha value is -1.62. The van der Waals surface area contributed by atoms with E-state index < -0.39 is 0 Å². The first kappa shape index (κ1) is 14.4. The molecule has 5 heteroatoms. The molecule has 1 aromatic heterocycles. The lowest BCUT2D eigenvalue weighted by Gasteiger charge is -2.19. The van der Waals surface area contributed by atoms with Crippen LogP contribution in [0.4, 0.5) is 0 Å². The third-order valence-electron chi connectivity index (χ3n) is 3.01. The van der Waals surface area contributed by atoms with E-state index >= 15 is 0 Å². The number of hydrazine groups is 1. The van der Waals surface area contributed by atoms with Crippen molar-refractivity contribution in [2.45, 2.75) is 39.0 Å². The minimum Gasteiger partial charge on any atom is -0.506 e.